The number of aldehydes is 1. The Kier molecular flexibility index (Phi) is 6.33. The molecule has 1 aromatic rings. The van der Waals surface area contributed by atoms with Crippen molar-refractivity contribution in [1.29, 1.82) is 0 Å². The highest BCUT2D eigenvalue weighted by Gasteiger charge is 2.03. The number of hydrogen-bond acceptors (Lipinski definition) is 3. The van der Waals surface area contributed by atoms with E-state index in [1.807, 2.05) is 19.1 Å². The minimum Gasteiger partial charge on any atom is -0.486 e. The Balaban J connectivity index is 2.66. The zero-order chi connectivity index (χ0) is 12.5. The average molecular weight is 236 g/mol. The fourth-order valence-electron chi connectivity index (χ4n) is 1.66. The minimum absolute atomic E-state index is 0.116. The van der Waals surface area contributed by atoms with E-state index < -0.39 is 0 Å². The van der Waals surface area contributed by atoms with Crippen LogP contribution >= 0.6 is 0 Å². The molecule has 0 aliphatic carbocycles. The summed E-state index contributed by atoms with van der Waals surface area (Å²) in [6.07, 6.45) is 2.58. The van der Waals surface area contributed by atoms with Gasteiger partial charge >= 0.3 is 0 Å². The van der Waals surface area contributed by atoms with Gasteiger partial charge in [-0.1, -0.05) is 19.1 Å². The molecule has 3 nitrogen and oxygen atoms in total. The lowest BCUT2D eigenvalue weighted by atomic mass is 10.1. The van der Waals surface area contributed by atoms with E-state index in [1.54, 1.807) is 0 Å². The summed E-state index contributed by atoms with van der Waals surface area (Å²) in [6, 6.07) is 6.08. The van der Waals surface area contributed by atoms with E-state index >= 15 is 0 Å². The van der Waals surface area contributed by atoms with Crippen molar-refractivity contribution in [3.8, 4) is 5.75 Å². The number of carbonyl (C=O) groups excluding carboxylic acids is 1. The molecule has 3 heteroatoms. The molecule has 0 fully saturated rings. The van der Waals surface area contributed by atoms with E-state index in [2.05, 4.69) is 13.0 Å². The van der Waals surface area contributed by atoms with Crippen LogP contribution in [0.5, 0.6) is 5.75 Å². The van der Waals surface area contributed by atoms with Crippen LogP contribution in [0, 0.1) is 0 Å². The maximum atomic E-state index is 10.3. The smallest absolute Gasteiger partial charge is 0.157 e. The van der Waals surface area contributed by atoms with Crippen LogP contribution in [-0.2, 0) is 22.4 Å². The molecule has 0 spiro atoms. The molecule has 0 aromatic heterocycles. The van der Waals surface area contributed by atoms with E-state index in [4.69, 9.17) is 9.47 Å². The molecule has 0 aliphatic rings. The van der Waals surface area contributed by atoms with E-state index in [9.17, 15) is 4.79 Å². The van der Waals surface area contributed by atoms with Crippen molar-refractivity contribution in [2.24, 2.45) is 0 Å². The van der Waals surface area contributed by atoms with Crippen LogP contribution in [-0.4, -0.2) is 26.1 Å². The molecule has 0 saturated carbocycles. The maximum absolute atomic E-state index is 10.3. The molecule has 0 bridgehead atoms. The van der Waals surface area contributed by atoms with E-state index in [-0.39, 0.29) is 6.61 Å². The van der Waals surface area contributed by atoms with Crippen LogP contribution in [0.15, 0.2) is 18.2 Å². The summed E-state index contributed by atoms with van der Waals surface area (Å²) in [5, 5.41) is 0. The zero-order valence-electron chi connectivity index (χ0n) is 10.6. The molecule has 0 amide bonds. The second-order valence-corrected chi connectivity index (χ2v) is 3.72. The molecule has 1 aromatic carbocycles. The minimum atomic E-state index is 0.116. The Labute approximate surface area is 103 Å². The molecule has 0 heterocycles. The first kappa shape index (κ1) is 13.7. The van der Waals surface area contributed by atoms with Gasteiger partial charge in [0.15, 0.2) is 6.29 Å². The summed E-state index contributed by atoms with van der Waals surface area (Å²) in [7, 11) is 0. The molecule has 0 unspecified atom stereocenters. The van der Waals surface area contributed by atoms with Gasteiger partial charge in [-0.15, -0.1) is 0 Å². The standard InChI is InChI=1S/C14H20O3/c1-3-13-11-12(7-9-16-4-2)5-6-14(13)17-10-8-15/h5-6,8,11H,3-4,7,9-10H2,1-2H3. The summed E-state index contributed by atoms with van der Waals surface area (Å²) < 4.78 is 10.7. The summed E-state index contributed by atoms with van der Waals surface area (Å²) in [5.41, 5.74) is 2.38. The predicted molar refractivity (Wildman–Crippen MR) is 67.6 cm³/mol. The highest BCUT2D eigenvalue weighted by Crippen LogP contribution is 2.21. The molecule has 0 atom stereocenters. The second-order valence-electron chi connectivity index (χ2n) is 3.72. The van der Waals surface area contributed by atoms with E-state index in [0.717, 1.165) is 43.7 Å². The van der Waals surface area contributed by atoms with Crippen LogP contribution in [0.1, 0.15) is 25.0 Å². The summed E-state index contributed by atoms with van der Waals surface area (Å²) in [5.74, 6) is 0.805. The van der Waals surface area contributed by atoms with Crippen molar-refractivity contribution in [3.63, 3.8) is 0 Å². The third kappa shape index (κ3) is 4.57. The van der Waals surface area contributed by atoms with Gasteiger partial charge in [-0.2, -0.15) is 0 Å². The van der Waals surface area contributed by atoms with Crippen LogP contribution in [0.2, 0.25) is 0 Å². The fraction of sp³-hybridized carbons (Fsp3) is 0.500. The van der Waals surface area contributed by atoms with Crippen LogP contribution in [0.3, 0.4) is 0 Å². The van der Waals surface area contributed by atoms with Crippen molar-refractivity contribution in [3.05, 3.63) is 29.3 Å². The number of ether oxygens (including phenoxy) is 2. The Bertz CT molecular complexity index is 347. The predicted octanol–water partition coefficient (Wildman–Crippen LogP) is 2.41. The van der Waals surface area contributed by atoms with Crippen molar-refractivity contribution in [2.45, 2.75) is 26.7 Å². The number of benzene rings is 1. The van der Waals surface area contributed by atoms with Gasteiger partial charge < -0.3 is 9.47 Å². The Morgan fingerprint density at radius 2 is 2.12 bits per heavy atom. The lowest BCUT2D eigenvalue weighted by Crippen LogP contribution is -2.02. The third-order valence-electron chi connectivity index (χ3n) is 2.55. The largest absolute Gasteiger partial charge is 0.486 e. The van der Waals surface area contributed by atoms with Crippen molar-refractivity contribution >= 4 is 6.29 Å². The molecule has 17 heavy (non-hydrogen) atoms. The Morgan fingerprint density at radius 1 is 1.29 bits per heavy atom. The number of hydrogen-bond donors (Lipinski definition) is 0. The van der Waals surface area contributed by atoms with Crippen molar-refractivity contribution in [1.82, 2.24) is 0 Å². The Hall–Kier alpha value is -1.35. The van der Waals surface area contributed by atoms with Crippen LogP contribution in [0.4, 0.5) is 0 Å². The SMILES string of the molecule is CCOCCc1ccc(OCC=O)c(CC)c1. The second kappa shape index (κ2) is 7.85. The van der Waals surface area contributed by atoms with Gasteiger partial charge in [0, 0.05) is 6.61 Å². The highest BCUT2D eigenvalue weighted by atomic mass is 16.5. The molecule has 0 N–H and O–H groups in total. The topological polar surface area (TPSA) is 35.5 Å². The van der Waals surface area contributed by atoms with Gasteiger partial charge in [0.2, 0.25) is 0 Å². The van der Waals surface area contributed by atoms with Gasteiger partial charge in [-0.05, 0) is 37.0 Å². The lowest BCUT2D eigenvalue weighted by Gasteiger charge is -2.10. The quantitative estimate of drug-likeness (QED) is 0.513. The highest BCUT2D eigenvalue weighted by molar-refractivity contribution is 5.52. The van der Waals surface area contributed by atoms with Crippen LogP contribution in [0.25, 0.3) is 0 Å². The van der Waals surface area contributed by atoms with Crippen LogP contribution < -0.4 is 4.74 Å². The zero-order valence-corrected chi connectivity index (χ0v) is 10.6. The number of aryl methyl sites for hydroxylation is 1. The molecular formula is C14H20O3. The molecule has 0 radical (unpaired) electrons. The molecule has 0 aliphatic heterocycles. The van der Waals surface area contributed by atoms with E-state index in [1.165, 1.54) is 5.56 Å². The van der Waals surface area contributed by atoms with Crippen molar-refractivity contribution in [2.75, 3.05) is 19.8 Å². The van der Waals surface area contributed by atoms with E-state index in [0.29, 0.717) is 0 Å². The summed E-state index contributed by atoms with van der Waals surface area (Å²) in [6.45, 7) is 5.68. The van der Waals surface area contributed by atoms with Gasteiger partial charge in [-0.3, -0.25) is 4.79 Å². The fourth-order valence-corrected chi connectivity index (χ4v) is 1.66. The van der Waals surface area contributed by atoms with Gasteiger partial charge in [0.25, 0.3) is 0 Å². The maximum Gasteiger partial charge on any atom is 0.157 e. The Morgan fingerprint density at radius 3 is 2.76 bits per heavy atom. The summed E-state index contributed by atoms with van der Waals surface area (Å²) in [4.78, 5) is 10.3. The first-order valence-corrected chi connectivity index (χ1v) is 6.07. The average Bonchev–Trinajstić information content (AvgIpc) is 2.37. The first-order valence-electron chi connectivity index (χ1n) is 6.07. The molecule has 0 saturated heterocycles. The summed E-state index contributed by atoms with van der Waals surface area (Å²) >= 11 is 0. The monoisotopic (exact) mass is 236 g/mol. The third-order valence-corrected chi connectivity index (χ3v) is 2.55. The van der Waals surface area contributed by atoms with Gasteiger partial charge in [0.05, 0.1) is 6.61 Å². The molecule has 94 valence electrons. The molecular weight excluding hydrogens is 216 g/mol. The molecule has 1 rings (SSSR count). The van der Waals surface area contributed by atoms with Crippen molar-refractivity contribution < 1.29 is 14.3 Å². The lowest BCUT2D eigenvalue weighted by molar-refractivity contribution is -0.109. The first-order chi connectivity index (χ1) is 8.31. The van der Waals surface area contributed by atoms with Gasteiger partial charge in [-0.25, -0.2) is 0 Å². The normalized spacial score (nSPS) is 10.2. The number of rotatable bonds is 8. The number of carbonyl (C=O) groups is 1. The van der Waals surface area contributed by atoms with Gasteiger partial charge in [0.1, 0.15) is 12.4 Å².